The molecule has 1 aromatic heterocycles. The van der Waals surface area contributed by atoms with Gasteiger partial charge in [0.05, 0.1) is 24.0 Å². The number of hydrogen-bond donors (Lipinski definition) is 2. The van der Waals surface area contributed by atoms with Gasteiger partial charge < -0.3 is 19.5 Å². The number of nitrogens with zero attached hydrogens (tertiary/aromatic N) is 2. The van der Waals surface area contributed by atoms with Gasteiger partial charge in [0.1, 0.15) is 5.75 Å². The number of rotatable bonds is 7. The van der Waals surface area contributed by atoms with Gasteiger partial charge in [-0.05, 0) is 105 Å². The SMILES string of the molecule is CCCS(=O)(=O)NC(=O)c1ccc2c(C3CCCCC3)c3n(c2c1)CC1(C(=O)N2CCC4(CCCN4)CC2)CC1c1cc(OC)ccc1-3. The van der Waals surface area contributed by atoms with E-state index in [1.165, 1.54) is 43.2 Å². The zero-order valence-corrected chi connectivity index (χ0v) is 29.1. The first-order valence-corrected chi connectivity index (χ1v) is 19.8. The number of piperidine rings is 1. The average Bonchev–Trinajstić information content (AvgIpc) is 3.54. The van der Waals surface area contributed by atoms with Crippen molar-refractivity contribution >= 4 is 32.7 Å². The first kappa shape index (κ1) is 31.9. The number of hydrogen-bond acceptors (Lipinski definition) is 6. The Balaban J connectivity index is 1.26. The van der Waals surface area contributed by atoms with Crippen LogP contribution < -0.4 is 14.8 Å². The molecule has 2 aliphatic carbocycles. The number of amides is 2. The number of likely N-dealkylation sites (tertiary alicyclic amines) is 1. The molecule has 0 bridgehead atoms. The maximum absolute atomic E-state index is 14.8. The summed E-state index contributed by atoms with van der Waals surface area (Å²) in [4.78, 5) is 30.3. The Morgan fingerprint density at radius 3 is 2.52 bits per heavy atom. The zero-order chi connectivity index (χ0) is 33.3. The third kappa shape index (κ3) is 5.25. The molecule has 2 aromatic carbocycles. The minimum absolute atomic E-state index is 0.0791. The number of aromatic nitrogens is 1. The van der Waals surface area contributed by atoms with Crippen LogP contribution in [0.1, 0.15) is 111 Å². The molecule has 2 saturated heterocycles. The van der Waals surface area contributed by atoms with Crippen LogP contribution in [0, 0.1) is 5.41 Å². The summed E-state index contributed by atoms with van der Waals surface area (Å²) < 4.78 is 35.5. The van der Waals surface area contributed by atoms with Gasteiger partial charge in [-0.1, -0.05) is 32.3 Å². The van der Waals surface area contributed by atoms with Crippen molar-refractivity contribution in [3.05, 3.63) is 53.1 Å². The number of methoxy groups -OCH3 is 1. The maximum Gasteiger partial charge on any atom is 0.264 e. The highest BCUT2D eigenvalue weighted by molar-refractivity contribution is 7.90. The first-order valence-electron chi connectivity index (χ1n) is 18.1. The molecule has 10 heteroatoms. The predicted octanol–water partition coefficient (Wildman–Crippen LogP) is 6.07. The van der Waals surface area contributed by atoms with Gasteiger partial charge in [-0.2, -0.15) is 0 Å². The lowest BCUT2D eigenvalue weighted by Crippen LogP contribution is -2.53. The Kier molecular flexibility index (Phi) is 7.90. The number of nitrogens with one attached hydrogen (secondary N) is 2. The molecule has 256 valence electrons. The van der Waals surface area contributed by atoms with Crippen LogP contribution in [0.25, 0.3) is 22.2 Å². The minimum atomic E-state index is -3.73. The van der Waals surface area contributed by atoms with Gasteiger partial charge in [-0.3, -0.25) is 9.59 Å². The molecule has 1 spiro atoms. The summed E-state index contributed by atoms with van der Waals surface area (Å²) >= 11 is 0. The highest BCUT2D eigenvalue weighted by atomic mass is 32.2. The van der Waals surface area contributed by atoms with Crippen molar-refractivity contribution in [3.8, 4) is 17.0 Å². The normalized spacial score (nSPS) is 24.9. The number of sulfonamides is 1. The van der Waals surface area contributed by atoms with E-state index < -0.39 is 21.3 Å². The second-order valence-electron chi connectivity index (χ2n) is 15.1. The van der Waals surface area contributed by atoms with Crippen LogP contribution in [0.2, 0.25) is 0 Å². The van der Waals surface area contributed by atoms with Crippen molar-refractivity contribution in [1.29, 1.82) is 0 Å². The van der Waals surface area contributed by atoms with E-state index in [1.807, 2.05) is 18.2 Å². The fraction of sp³-hybridized carbons (Fsp3) is 0.579. The average molecular weight is 673 g/mol. The lowest BCUT2D eigenvalue weighted by molar-refractivity contribution is -0.139. The summed E-state index contributed by atoms with van der Waals surface area (Å²) in [5.74, 6) is 0.767. The largest absolute Gasteiger partial charge is 0.497 e. The van der Waals surface area contributed by atoms with Gasteiger partial charge in [0.15, 0.2) is 0 Å². The lowest BCUT2D eigenvalue weighted by atomic mass is 9.81. The van der Waals surface area contributed by atoms with Crippen molar-refractivity contribution in [3.63, 3.8) is 0 Å². The molecule has 2 atom stereocenters. The van der Waals surface area contributed by atoms with Crippen LogP contribution in [0.4, 0.5) is 0 Å². The molecule has 48 heavy (non-hydrogen) atoms. The van der Waals surface area contributed by atoms with Crippen LogP contribution in [-0.4, -0.2) is 67.7 Å². The number of carbonyl (C=O) groups is 2. The molecule has 2 N–H and O–H groups in total. The summed E-state index contributed by atoms with van der Waals surface area (Å²) in [6.07, 6.45) is 11.4. The zero-order valence-electron chi connectivity index (χ0n) is 28.3. The van der Waals surface area contributed by atoms with Gasteiger partial charge in [0, 0.05) is 53.1 Å². The van der Waals surface area contributed by atoms with Crippen LogP contribution in [0.15, 0.2) is 36.4 Å². The van der Waals surface area contributed by atoms with Gasteiger partial charge in [0.2, 0.25) is 15.9 Å². The number of carbonyl (C=O) groups excluding carboxylic acids is 2. The van der Waals surface area contributed by atoms with Crippen molar-refractivity contribution in [1.82, 2.24) is 19.5 Å². The van der Waals surface area contributed by atoms with E-state index in [0.717, 1.165) is 79.6 Å². The summed E-state index contributed by atoms with van der Waals surface area (Å²) in [5, 5.41) is 4.84. The summed E-state index contributed by atoms with van der Waals surface area (Å²) in [7, 11) is -2.03. The van der Waals surface area contributed by atoms with Crippen molar-refractivity contribution in [2.75, 3.05) is 32.5 Å². The highest BCUT2D eigenvalue weighted by Crippen LogP contribution is 2.66. The minimum Gasteiger partial charge on any atom is -0.497 e. The molecule has 5 aliphatic rings. The predicted molar refractivity (Wildman–Crippen MR) is 187 cm³/mol. The Morgan fingerprint density at radius 2 is 1.81 bits per heavy atom. The van der Waals surface area contributed by atoms with E-state index >= 15 is 0 Å². The Labute approximate surface area is 283 Å². The van der Waals surface area contributed by atoms with E-state index in [4.69, 9.17) is 4.74 Å². The summed E-state index contributed by atoms with van der Waals surface area (Å²) in [6.45, 7) is 4.92. The van der Waals surface area contributed by atoms with E-state index in [0.29, 0.717) is 24.4 Å². The Hall–Kier alpha value is -3.37. The molecule has 9 nitrogen and oxygen atoms in total. The molecule has 4 heterocycles. The molecule has 3 aliphatic heterocycles. The quantitative estimate of drug-likeness (QED) is 0.316. The topological polar surface area (TPSA) is 110 Å². The van der Waals surface area contributed by atoms with Crippen molar-refractivity contribution < 1.29 is 22.7 Å². The van der Waals surface area contributed by atoms with Crippen LogP contribution in [0.5, 0.6) is 5.75 Å². The second kappa shape index (κ2) is 11.9. The molecule has 2 amide bonds. The van der Waals surface area contributed by atoms with Crippen LogP contribution in [0.3, 0.4) is 0 Å². The number of fused-ring (bicyclic) bond motifs is 7. The monoisotopic (exact) mass is 672 g/mol. The smallest absolute Gasteiger partial charge is 0.264 e. The van der Waals surface area contributed by atoms with E-state index in [1.54, 1.807) is 20.1 Å². The van der Waals surface area contributed by atoms with Crippen molar-refractivity contribution in [2.24, 2.45) is 5.41 Å². The Morgan fingerprint density at radius 1 is 1.02 bits per heavy atom. The van der Waals surface area contributed by atoms with Crippen molar-refractivity contribution in [2.45, 2.75) is 101 Å². The van der Waals surface area contributed by atoms with E-state index in [-0.39, 0.29) is 23.1 Å². The molecule has 4 fully saturated rings. The summed E-state index contributed by atoms with van der Waals surface area (Å²) in [5.41, 5.74) is 5.59. The second-order valence-corrected chi connectivity index (χ2v) is 17.0. The first-order chi connectivity index (χ1) is 23.2. The molecule has 0 radical (unpaired) electrons. The fourth-order valence-corrected chi connectivity index (χ4v) is 10.7. The fourth-order valence-electron chi connectivity index (χ4n) is 9.69. The molecule has 3 aromatic rings. The highest BCUT2D eigenvalue weighted by Gasteiger charge is 2.64. The standard InChI is InChI=1S/C38H48N4O5S/c1-3-20-48(45,46)40-35(43)26-10-12-29-32(21-26)42-24-38(36(44)41-18-15-37(16-19-41)14-7-17-39-37)23-31(38)30-22-27(47-2)11-13-28(30)34(42)33(29)25-8-5-4-6-9-25/h10-13,21-22,25,31,39H,3-9,14-20,23-24H2,1-2H3,(H,40,43). The Bertz CT molecular complexity index is 1880. The third-order valence-electron chi connectivity index (χ3n) is 12.3. The maximum atomic E-state index is 14.8. The van der Waals surface area contributed by atoms with E-state index in [2.05, 4.69) is 31.6 Å². The molecular weight excluding hydrogens is 625 g/mol. The molecule has 2 saturated carbocycles. The third-order valence-corrected chi connectivity index (χ3v) is 13.7. The molecule has 8 rings (SSSR count). The van der Waals surface area contributed by atoms with E-state index in [9.17, 15) is 18.0 Å². The number of ether oxygens (including phenoxy) is 1. The molecular formula is C38H48N4O5S. The number of benzene rings is 2. The van der Waals surface area contributed by atoms with Crippen LogP contribution in [-0.2, 0) is 21.4 Å². The van der Waals surface area contributed by atoms with Gasteiger partial charge in [-0.25, -0.2) is 13.1 Å². The molecule has 2 unspecified atom stereocenters. The van der Waals surface area contributed by atoms with Gasteiger partial charge >= 0.3 is 0 Å². The van der Waals surface area contributed by atoms with Gasteiger partial charge in [0.25, 0.3) is 5.91 Å². The lowest BCUT2D eigenvalue weighted by Gasteiger charge is -2.41. The van der Waals surface area contributed by atoms with Crippen LogP contribution >= 0.6 is 0 Å². The summed E-state index contributed by atoms with van der Waals surface area (Å²) in [6, 6.07) is 12.0. The van der Waals surface area contributed by atoms with Gasteiger partial charge in [-0.15, -0.1) is 0 Å².